The Balaban J connectivity index is 1.90. The average molecular weight is 361 g/mol. The molecule has 0 atom stereocenters. The number of nitrogens with one attached hydrogen (secondary N) is 1. The summed E-state index contributed by atoms with van der Waals surface area (Å²) in [4.78, 5) is 20.2. The maximum absolute atomic E-state index is 12.9. The van der Waals surface area contributed by atoms with Gasteiger partial charge in [0.25, 0.3) is 0 Å². The van der Waals surface area contributed by atoms with Crippen LogP contribution in [0.25, 0.3) is 11.3 Å². The molecule has 6 nitrogen and oxygen atoms in total. The van der Waals surface area contributed by atoms with Gasteiger partial charge in [-0.05, 0) is 30.3 Å². The van der Waals surface area contributed by atoms with E-state index in [0.717, 1.165) is 5.69 Å². The minimum Gasteiger partial charge on any atom is -0.489 e. The SMILES string of the molecule is C=CC(=O)NCc1nc2c(c(-c3ccc(OC(C)(F)F)cc3)n1)OCC2. The van der Waals surface area contributed by atoms with Gasteiger partial charge in [0.2, 0.25) is 5.91 Å². The van der Waals surface area contributed by atoms with Crippen molar-refractivity contribution in [3.63, 3.8) is 0 Å². The number of alkyl halides is 2. The van der Waals surface area contributed by atoms with Crippen LogP contribution in [0.3, 0.4) is 0 Å². The summed E-state index contributed by atoms with van der Waals surface area (Å²) in [7, 11) is 0. The van der Waals surface area contributed by atoms with Crippen LogP contribution in [0.4, 0.5) is 8.78 Å². The molecule has 8 heteroatoms. The molecule has 0 unspecified atom stereocenters. The molecule has 0 fully saturated rings. The number of halogens is 2. The van der Waals surface area contributed by atoms with E-state index >= 15 is 0 Å². The number of hydrogen-bond acceptors (Lipinski definition) is 5. The van der Waals surface area contributed by atoms with Gasteiger partial charge in [-0.2, -0.15) is 8.78 Å². The van der Waals surface area contributed by atoms with Crippen molar-refractivity contribution in [2.24, 2.45) is 0 Å². The van der Waals surface area contributed by atoms with Crippen LogP contribution >= 0.6 is 0 Å². The van der Waals surface area contributed by atoms with Crippen LogP contribution in [0.15, 0.2) is 36.9 Å². The molecule has 1 aliphatic rings. The third kappa shape index (κ3) is 4.14. The van der Waals surface area contributed by atoms with E-state index in [9.17, 15) is 13.6 Å². The number of hydrogen-bond donors (Lipinski definition) is 1. The van der Waals surface area contributed by atoms with Gasteiger partial charge < -0.3 is 14.8 Å². The second kappa shape index (κ2) is 7.07. The minimum atomic E-state index is -3.25. The molecule has 136 valence electrons. The second-order valence-electron chi connectivity index (χ2n) is 5.72. The molecule has 2 aromatic rings. The molecule has 1 aromatic carbocycles. The molecule has 2 heterocycles. The zero-order valence-corrected chi connectivity index (χ0v) is 14.1. The zero-order valence-electron chi connectivity index (χ0n) is 14.1. The van der Waals surface area contributed by atoms with Crippen LogP contribution in [-0.4, -0.2) is 28.6 Å². The van der Waals surface area contributed by atoms with Crippen molar-refractivity contribution in [2.45, 2.75) is 26.0 Å². The molecule has 1 N–H and O–H groups in total. The molecule has 0 spiro atoms. The van der Waals surface area contributed by atoms with Gasteiger partial charge in [0.05, 0.1) is 18.8 Å². The molecule has 1 aliphatic heterocycles. The lowest BCUT2D eigenvalue weighted by molar-refractivity contribution is -0.158. The molecule has 0 bridgehead atoms. The summed E-state index contributed by atoms with van der Waals surface area (Å²) in [6.45, 7) is 4.70. The number of nitrogens with zero attached hydrogens (tertiary/aromatic N) is 2. The Hall–Kier alpha value is -3.03. The van der Waals surface area contributed by atoms with Crippen molar-refractivity contribution in [1.29, 1.82) is 0 Å². The molecule has 3 rings (SSSR count). The van der Waals surface area contributed by atoms with Gasteiger partial charge in [-0.15, -0.1) is 0 Å². The molecule has 1 amide bonds. The summed E-state index contributed by atoms with van der Waals surface area (Å²) in [5.74, 6) is 0.721. The topological polar surface area (TPSA) is 73.3 Å². The van der Waals surface area contributed by atoms with Crippen molar-refractivity contribution in [2.75, 3.05) is 6.61 Å². The molecule has 0 saturated carbocycles. The Kier molecular flexibility index (Phi) is 4.83. The van der Waals surface area contributed by atoms with E-state index in [-0.39, 0.29) is 18.2 Å². The Labute approximate surface area is 148 Å². The lowest BCUT2D eigenvalue weighted by atomic mass is 10.1. The van der Waals surface area contributed by atoms with E-state index in [4.69, 9.17) is 4.74 Å². The summed E-state index contributed by atoms with van der Waals surface area (Å²) in [5, 5.41) is 2.63. The van der Waals surface area contributed by atoms with Gasteiger partial charge in [-0.25, -0.2) is 9.97 Å². The maximum atomic E-state index is 12.9. The number of carbonyl (C=O) groups excluding carboxylic acids is 1. The van der Waals surface area contributed by atoms with Crippen molar-refractivity contribution < 1.29 is 23.0 Å². The van der Waals surface area contributed by atoms with E-state index in [1.807, 2.05) is 0 Å². The zero-order chi connectivity index (χ0) is 18.7. The van der Waals surface area contributed by atoms with Gasteiger partial charge in [0.15, 0.2) is 5.75 Å². The Morgan fingerprint density at radius 3 is 2.77 bits per heavy atom. The number of benzene rings is 1. The van der Waals surface area contributed by atoms with Crippen LogP contribution in [0.1, 0.15) is 18.4 Å². The van der Waals surface area contributed by atoms with Crippen LogP contribution in [-0.2, 0) is 17.8 Å². The van der Waals surface area contributed by atoms with Crippen molar-refractivity contribution in [3.8, 4) is 22.8 Å². The third-order valence-corrected chi connectivity index (χ3v) is 3.60. The first kappa shape index (κ1) is 17.8. The quantitative estimate of drug-likeness (QED) is 0.801. The highest BCUT2D eigenvalue weighted by Gasteiger charge is 2.24. The molecular weight excluding hydrogens is 344 g/mol. The number of fused-ring (bicyclic) bond motifs is 1. The number of carbonyl (C=O) groups is 1. The van der Waals surface area contributed by atoms with Gasteiger partial charge in [0, 0.05) is 18.9 Å². The van der Waals surface area contributed by atoms with E-state index in [1.54, 1.807) is 12.1 Å². The molecule has 0 saturated heterocycles. The molecule has 26 heavy (non-hydrogen) atoms. The van der Waals surface area contributed by atoms with Crippen LogP contribution in [0.5, 0.6) is 11.5 Å². The first-order valence-corrected chi connectivity index (χ1v) is 7.96. The van der Waals surface area contributed by atoms with E-state index in [0.29, 0.717) is 42.8 Å². The summed E-state index contributed by atoms with van der Waals surface area (Å²) in [5.41, 5.74) is 1.97. The normalized spacial score (nSPS) is 12.9. The predicted octanol–water partition coefficient (Wildman–Crippen LogP) is 2.87. The van der Waals surface area contributed by atoms with Crippen LogP contribution < -0.4 is 14.8 Å². The Morgan fingerprint density at radius 2 is 2.12 bits per heavy atom. The van der Waals surface area contributed by atoms with Crippen LogP contribution in [0, 0.1) is 0 Å². The number of ether oxygens (including phenoxy) is 2. The molecular formula is C18H17F2N3O3. The molecule has 0 aliphatic carbocycles. The third-order valence-electron chi connectivity index (χ3n) is 3.60. The highest BCUT2D eigenvalue weighted by molar-refractivity contribution is 5.86. The van der Waals surface area contributed by atoms with Gasteiger partial charge >= 0.3 is 6.11 Å². The smallest absolute Gasteiger partial charge is 0.394 e. The fourth-order valence-corrected chi connectivity index (χ4v) is 2.52. The highest BCUT2D eigenvalue weighted by atomic mass is 19.3. The Bertz CT molecular complexity index is 833. The summed E-state index contributed by atoms with van der Waals surface area (Å²) < 4.78 is 36.0. The first-order chi connectivity index (χ1) is 12.4. The van der Waals surface area contributed by atoms with Gasteiger partial charge in [-0.1, -0.05) is 6.58 Å². The highest BCUT2D eigenvalue weighted by Crippen LogP contribution is 2.35. The monoisotopic (exact) mass is 361 g/mol. The number of aromatic nitrogens is 2. The lowest BCUT2D eigenvalue weighted by Crippen LogP contribution is -2.21. The minimum absolute atomic E-state index is 0.0475. The van der Waals surface area contributed by atoms with Crippen LogP contribution in [0.2, 0.25) is 0 Å². The maximum Gasteiger partial charge on any atom is 0.394 e. The average Bonchev–Trinajstić information content (AvgIpc) is 3.06. The standard InChI is InChI=1S/C18H17F2N3O3/c1-3-15(24)21-10-14-22-13-8-9-25-17(13)16(23-14)11-4-6-12(7-5-11)26-18(2,19)20/h3-7H,1,8-10H2,2H3,(H,21,24). The molecule has 0 radical (unpaired) electrons. The van der Waals surface area contributed by atoms with Gasteiger partial charge in [0.1, 0.15) is 17.3 Å². The fourth-order valence-electron chi connectivity index (χ4n) is 2.52. The number of rotatable bonds is 6. The Morgan fingerprint density at radius 1 is 1.38 bits per heavy atom. The van der Waals surface area contributed by atoms with E-state index in [1.165, 1.54) is 18.2 Å². The van der Waals surface area contributed by atoms with Crippen molar-refractivity contribution in [3.05, 3.63) is 48.4 Å². The number of amides is 1. The summed E-state index contributed by atoms with van der Waals surface area (Å²) in [6, 6.07) is 6.12. The second-order valence-corrected chi connectivity index (χ2v) is 5.72. The van der Waals surface area contributed by atoms with Crippen molar-refractivity contribution in [1.82, 2.24) is 15.3 Å². The van der Waals surface area contributed by atoms with E-state index in [2.05, 4.69) is 26.6 Å². The van der Waals surface area contributed by atoms with Crippen molar-refractivity contribution >= 4 is 5.91 Å². The summed E-state index contributed by atoms with van der Waals surface area (Å²) >= 11 is 0. The molecule has 1 aromatic heterocycles. The fraction of sp³-hybridized carbons (Fsp3) is 0.278. The van der Waals surface area contributed by atoms with Gasteiger partial charge in [-0.3, -0.25) is 4.79 Å². The summed E-state index contributed by atoms with van der Waals surface area (Å²) in [6.07, 6.45) is -1.45. The first-order valence-electron chi connectivity index (χ1n) is 7.96. The lowest BCUT2D eigenvalue weighted by Gasteiger charge is -2.14. The largest absolute Gasteiger partial charge is 0.489 e. The predicted molar refractivity (Wildman–Crippen MR) is 90.0 cm³/mol. The van der Waals surface area contributed by atoms with E-state index < -0.39 is 6.11 Å².